The van der Waals surface area contributed by atoms with Gasteiger partial charge in [0.1, 0.15) is 0 Å². The molecule has 6 aromatic rings. The molecule has 0 unspecified atom stereocenters. The first-order chi connectivity index (χ1) is 21.2. The van der Waals surface area contributed by atoms with Gasteiger partial charge in [-0.15, -0.1) is 0 Å². The summed E-state index contributed by atoms with van der Waals surface area (Å²) in [5, 5.41) is 0. The fourth-order valence-electron chi connectivity index (χ4n) is 7.17. The van der Waals surface area contributed by atoms with Crippen LogP contribution in [0.5, 0.6) is 0 Å². The van der Waals surface area contributed by atoms with Gasteiger partial charge in [-0.3, -0.25) is 0 Å². The van der Waals surface area contributed by atoms with E-state index >= 15 is 0 Å². The number of rotatable bonds is 5. The zero-order chi connectivity index (χ0) is 30.6. The molecule has 6 aromatic carbocycles. The summed E-state index contributed by atoms with van der Waals surface area (Å²) >= 11 is 0. The summed E-state index contributed by atoms with van der Waals surface area (Å²) in [5.74, 6) is 0. The monoisotopic (exact) mass is 569 g/mol. The Balaban J connectivity index is 1.34. The van der Waals surface area contributed by atoms with Crippen LogP contribution < -0.4 is 4.90 Å². The van der Waals surface area contributed by atoms with Gasteiger partial charge in [-0.05, 0) is 109 Å². The van der Waals surface area contributed by atoms with Crippen molar-refractivity contribution in [1.29, 1.82) is 0 Å². The normalized spacial score (nSPS) is 13.0. The molecule has 7 rings (SSSR count). The molecule has 0 atom stereocenters. The molecule has 0 spiro atoms. The summed E-state index contributed by atoms with van der Waals surface area (Å²) in [7, 11) is 0. The summed E-state index contributed by atoms with van der Waals surface area (Å²) in [6, 6.07) is 47.5. The van der Waals surface area contributed by atoms with Crippen molar-refractivity contribution in [2.24, 2.45) is 0 Å². The lowest BCUT2D eigenvalue weighted by molar-refractivity contribution is 0.660. The van der Waals surface area contributed by atoms with E-state index in [-0.39, 0.29) is 5.41 Å². The Morgan fingerprint density at radius 2 is 0.818 bits per heavy atom. The Morgan fingerprint density at radius 1 is 0.386 bits per heavy atom. The Hall–Kier alpha value is -4.88. The topological polar surface area (TPSA) is 3.24 Å². The second-order valence-corrected chi connectivity index (χ2v) is 13.1. The van der Waals surface area contributed by atoms with Crippen LogP contribution in [0.3, 0.4) is 0 Å². The fourth-order valence-corrected chi connectivity index (χ4v) is 7.17. The number of nitrogens with zero attached hydrogens (tertiary/aromatic N) is 1. The highest BCUT2D eigenvalue weighted by Gasteiger charge is 2.35. The number of hydrogen-bond acceptors (Lipinski definition) is 1. The van der Waals surface area contributed by atoms with Crippen LogP contribution in [-0.4, -0.2) is 0 Å². The minimum Gasteiger partial charge on any atom is -0.310 e. The molecule has 0 bridgehead atoms. The molecule has 0 amide bonds. The van der Waals surface area contributed by atoms with Crippen molar-refractivity contribution < 1.29 is 0 Å². The number of aryl methyl sites for hydroxylation is 4. The van der Waals surface area contributed by atoms with Gasteiger partial charge >= 0.3 is 0 Å². The average molecular weight is 570 g/mol. The first kappa shape index (κ1) is 27.9. The third-order valence-electron chi connectivity index (χ3n) is 9.19. The van der Waals surface area contributed by atoms with Crippen LogP contribution in [0.15, 0.2) is 127 Å². The quantitative estimate of drug-likeness (QED) is 0.200. The highest BCUT2D eigenvalue weighted by atomic mass is 15.1. The van der Waals surface area contributed by atoms with Crippen molar-refractivity contribution in [3.8, 4) is 33.4 Å². The number of fused-ring (bicyclic) bond motifs is 3. The Bertz CT molecular complexity index is 1870. The van der Waals surface area contributed by atoms with Gasteiger partial charge in [-0.2, -0.15) is 0 Å². The third kappa shape index (κ3) is 4.93. The van der Waals surface area contributed by atoms with Crippen LogP contribution in [0.1, 0.15) is 47.2 Å². The predicted octanol–water partition coefficient (Wildman–Crippen LogP) is 12.0. The summed E-state index contributed by atoms with van der Waals surface area (Å²) in [6.45, 7) is 13.4. The van der Waals surface area contributed by atoms with E-state index in [1.807, 2.05) is 0 Å². The first-order valence-corrected chi connectivity index (χ1v) is 15.6. The van der Waals surface area contributed by atoms with Crippen molar-refractivity contribution in [2.75, 3.05) is 4.90 Å². The van der Waals surface area contributed by atoms with E-state index in [0.717, 1.165) is 11.4 Å². The lowest BCUT2D eigenvalue weighted by Gasteiger charge is -2.28. The molecular formula is C43H39N. The summed E-state index contributed by atoms with van der Waals surface area (Å²) in [6.07, 6.45) is 0. The summed E-state index contributed by atoms with van der Waals surface area (Å²) in [5.41, 5.74) is 19.0. The lowest BCUT2D eigenvalue weighted by Crippen LogP contribution is -2.16. The Morgan fingerprint density at radius 3 is 1.32 bits per heavy atom. The zero-order valence-corrected chi connectivity index (χ0v) is 26.6. The molecule has 1 aliphatic carbocycles. The van der Waals surface area contributed by atoms with E-state index in [0.29, 0.717) is 0 Å². The van der Waals surface area contributed by atoms with Crippen LogP contribution in [-0.2, 0) is 5.41 Å². The lowest BCUT2D eigenvalue weighted by atomic mass is 9.82. The van der Waals surface area contributed by atoms with E-state index in [1.54, 1.807) is 0 Å². The minimum atomic E-state index is -0.0621. The van der Waals surface area contributed by atoms with E-state index in [9.17, 15) is 0 Å². The van der Waals surface area contributed by atoms with Gasteiger partial charge in [0, 0.05) is 22.5 Å². The number of anilines is 3. The van der Waals surface area contributed by atoms with Crippen molar-refractivity contribution in [3.63, 3.8) is 0 Å². The molecule has 0 saturated heterocycles. The van der Waals surface area contributed by atoms with Gasteiger partial charge in [0.05, 0.1) is 0 Å². The van der Waals surface area contributed by atoms with Crippen LogP contribution in [0.4, 0.5) is 17.1 Å². The second kappa shape index (κ2) is 10.7. The molecule has 1 nitrogen and oxygen atoms in total. The maximum absolute atomic E-state index is 2.41. The molecule has 0 saturated carbocycles. The standard InChI is InChI=1S/C43H39N/c1-28-21-29(2)24-34(23-28)32-11-15-36(16-12-32)44(37-17-13-33(14-18-37)35-25-30(3)22-31(4)26-35)38-19-20-40-39-9-7-8-10-41(39)43(5,6)42(40)27-38/h7-27H,1-6H3. The average Bonchev–Trinajstić information content (AvgIpc) is 3.23. The molecule has 0 fully saturated rings. The summed E-state index contributed by atoms with van der Waals surface area (Å²) in [4.78, 5) is 2.40. The van der Waals surface area contributed by atoms with E-state index in [2.05, 4.69) is 174 Å². The van der Waals surface area contributed by atoms with Gasteiger partial charge < -0.3 is 4.90 Å². The third-order valence-corrected chi connectivity index (χ3v) is 9.19. The van der Waals surface area contributed by atoms with Gasteiger partial charge in [-0.25, -0.2) is 0 Å². The predicted molar refractivity (Wildman–Crippen MR) is 189 cm³/mol. The van der Waals surface area contributed by atoms with Crippen molar-refractivity contribution in [2.45, 2.75) is 47.0 Å². The molecule has 1 heteroatoms. The van der Waals surface area contributed by atoms with Crippen molar-refractivity contribution >= 4 is 17.1 Å². The molecule has 216 valence electrons. The van der Waals surface area contributed by atoms with Gasteiger partial charge in [0.15, 0.2) is 0 Å². The number of hydrogen-bond donors (Lipinski definition) is 0. The Labute approximate surface area is 262 Å². The SMILES string of the molecule is Cc1cc(C)cc(-c2ccc(N(c3ccc(-c4cc(C)cc(C)c4)cc3)c3ccc4c(c3)C(C)(C)c3ccccc3-4)cc2)c1. The molecule has 0 aliphatic heterocycles. The molecule has 44 heavy (non-hydrogen) atoms. The number of benzene rings is 6. The molecular weight excluding hydrogens is 530 g/mol. The van der Waals surface area contributed by atoms with Crippen LogP contribution >= 0.6 is 0 Å². The fraction of sp³-hybridized carbons (Fsp3) is 0.163. The minimum absolute atomic E-state index is 0.0621. The molecule has 0 aromatic heterocycles. The van der Waals surface area contributed by atoms with E-state index in [1.165, 1.54) is 72.4 Å². The van der Waals surface area contributed by atoms with Gasteiger partial charge in [-0.1, -0.05) is 127 Å². The maximum Gasteiger partial charge on any atom is 0.0465 e. The molecule has 0 heterocycles. The molecule has 0 radical (unpaired) electrons. The zero-order valence-electron chi connectivity index (χ0n) is 26.6. The van der Waals surface area contributed by atoms with E-state index < -0.39 is 0 Å². The van der Waals surface area contributed by atoms with Gasteiger partial charge in [0.2, 0.25) is 0 Å². The largest absolute Gasteiger partial charge is 0.310 e. The smallest absolute Gasteiger partial charge is 0.0465 e. The second-order valence-electron chi connectivity index (χ2n) is 13.1. The molecule has 0 N–H and O–H groups in total. The molecule has 1 aliphatic rings. The van der Waals surface area contributed by atoms with Gasteiger partial charge in [0.25, 0.3) is 0 Å². The first-order valence-electron chi connectivity index (χ1n) is 15.6. The van der Waals surface area contributed by atoms with Crippen LogP contribution in [0, 0.1) is 27.7 Å². The summed E-state index contributed by atoms with van der Waals surface area (Å²) < 4.78 is 0. The highest BCUT2D eigenvalue weighted by Crippen LogP contribution is 2.50. The van der Waals surface area contributed by atoms with Crippen LogP contribution in [0.25, 0.3) is 33.4 Å². The van der Waals surface area contributed by atoms with Crippen LogP contribution in [0.2, 0.25) is 0 Å². The maximum atomic E-state index is 2.41. The van der Waals surface area contributed by atoms with E-state index in [4.69, 9.17) is 0 Å². The Kier molecular flexibility index (Phi) is 6.78. The highest BCUT2D eigenvalue weighted by molar-refractivity contribution is 5.86. The van der Waals surface area contributed by atoms with Crippen molar-refractivity contribution in [3.05, 3.63) is 161 Å². The van der Waals surface area contributed by atoms with Crippen molar-refractivity contribution in [1.82, 2.24) is 0 Å².